The van der Waals surface area contributed by atoms with Gasteiger partial charge in [0.15, 0.2) is 12.6 Å². The highest BCUT2D eigenvalue weighted by Crippen LogP contribution is 2.32. The van der Waals surface area contributed by atoms with Crippen molar-refractivity contribution in [2.24, 2.45) is 22.9 Å². The van der Waals surface area contributed by atoms with E-state index in [-0.39, 0.29) is 38.6 Å². The van der Waals surface area contributed by atoms with E-state index in [0.717, 1.165) is 4.90 Å². The van der Waals surface area contributed by atoms with Crippen LogP contribution in [0.5, 0.6) is 0 Å². The lowest BCUT2D eigenvalue weighted by Crippen LogP contribution is -2.69. The molecule has 0 aromatic carbocycles. The molecule has 222 valence electrons. The van der Waals surface area contributed by atoms with E-state index in [1.807, 2.05) is 6.92 Å². The molecular formula is C23H45N5O10. The van der Waals surface area contributed by atoms with Crippen molar-refractivity contribution < 1.29 is 49.0 Å². The van der Waals surface area contributed by atoms with Gasteiger partial charge in [0.25, 0.3) is 0 Å². The van der Waals surface area contributed by atoms with Crippen LogP contribution in [0.25, 0.3) is 0 Å². The molecule has 1 saturated heterocycles. The predicted molar refractivity (Wildman–Crippen MR) is 133 cm³/mol. The first kappa shape index (κ1) is 32.7. The SMILES string of the molecule is CCC(CN)OC(CN)OC1C(N)CC(N)C(OC2OCC(C)(O)C(N(C)C(=O)CCC(=O)O)C2O)C1O. The van der Waals surface area contributed by atoms with E-state index >= 15 is 0 Å². The summed E-state index contributed by atoms with van der Waals surface area (Å²) in [6.07, 6.45) is -7.53. The molecule has 11 atom stereocenters. The van der Waals surface area contributed by atoms with Crippen LogP contribution in [-0.4, -0.2) is 131 Å². The highest BCUT2D eigenvalue weighted by atomic mass is 16.7. The van der Waals surface area contributed by atoms with Gasteiger partial charge in [0, 0.05) is 38.6 Å². The third-order valence-corrected chi connectivity index (χ3v) is 7.06. The molecule has 12 N–H and O–H groups in total. The fraction of sp³-hybridized carbons (Fsp3) is 0.913. The van der Waals surface area contributed by atoms with Crippen molar-refractivity contribution in [1.82, 2.24) is 4.90 Å². The molecule has 0 bridgehead atoms. The third-order valence-electron chi connectivity index (χ3n) is 7.06. The smallest absolute Gasteiger partial charge is 0.303 e. The number of likely N-dealkylation sites (N-methyl/N-ethyl adjacent to an activating group) is 1. The number of aliphatic hydroxyl groups is 3. The van der Waals surface area contributed by atoms with Crippen LogP contribution in [0.4, 0.5) is 0 Å². The molecule has 2 rings (SSSR count). The summed E-state index contributed by atoms with van der Waals surface area (Å²) in [5.41, 5.74) is 22.3. The number of carbonyl (C=O) groups excluding carboxylic acids is 1. The molecule has 2 fully saturated rings. The maximum atomic E-state index is 12.5. The average molecular weight is 552 g/mol. The van der Waals surface area contributed by atoms with E-state index in [2.05, 4.69) is 0 Å². The van der Waals surface area contributed by atoms with Gasteiger partial charge < -0.3 is 67.2 Å². The molecule has 11 unspecified atom stereocenters. The Morgan fingerprint density at radius 2 is 1.74 bits per heavy atom. The van der Waals surface area contributed by atoms with Gasteiger partial charge in [0.1, 0.15) is 30.0 Å². The van der Waals surface area contributed by atoms with Crippen molar-refractivity contribution in [3.05, 3.63) is 0 Å². The Bertz CT molecular complexity index is 773. The quantitative estimate of drug-likeness (QED) is 0.103. The van der Waals surface area contributed by atoms with Gasteiger partial charge in [-0.1, -0.05) is 6.92 Å². The summed E-state index contributed by atoms with van der Waals surface area (Å²) in [4.78, 5) is 24.5. The van der Waals surface area contributed by atoms with Crippen molar-refractivity contribution in [3.8, 4) is 0 Å². The van der Waals surface area contributed by atoms with Gasteiger partial charge in [-0.2, -0.15) is 0 Å². The second kappa shape index (κ2) is 14.2. The number of nitrogens with two attached hydrogens (primary N) is 4. The Labute approximate surface area is 222 Å². The molecule has 1 aliphatic carbocycles. The lowest BCUT2D eigenvalue weighted by atomic mass is 9.84. The normalized spacial score (nSPS) is 37.4. The fourth-order valence-corrected chi connectivity index (χ4v) is 4.91. The van der Waals surface area contributed by atoms with Gasteiger partial charge in [-0.05, 0) is 19.8 Å². The Morgan fingerprint density at radius 3 is 2.29 bits per heavy atom. The Hall–Kier alpha value is -1.50. The Kier molecular flexibility index (Phi) is 12.2. The van der Waals surface area contributed by atoms with E-state index in [0.29, 0.717) is 6.42 Å². The first-order valence-electron chi connectivity index (χ1n) is 12.8. The lowest BCUT2D eigenvalue weighted by Gasteiger charge is -2.50. The molecule has 2 aliphatic rings. The van der Waals surface area contributed by atoms with Crippen LogP contribution in [0.15, 0.2) is 0 Å². The number of aliphatic carboxylic acids is 1. The molecule has 15 heteroatoms. The van der Waals surface area contributed by atoms with Crippen molar-refractivity contribution in [2.45, 2.75) is 106 Å². The number of aliphatic hydroxyl groups excluding tert-OH is 2. The van der Waals surface area contributed by atoms with Crippen LogP contribution >= 0.6 is 0 Å². The van der Waals surface area contributed by atoms with Crippen LogP contribution < -0.4 is 22.9 Å². The summed E-state index contributed by atoms with van der Waals surface area (Å²) in [5.74, 6) is -1.75. The average Bonchev–Trinajstić information content (AvgIpc) is 2.85. The van der Waals surface area contributed by atoms with Gasteiger partial charge in [-0.25, -0.2) is 0 Å². The molecule has 38 heavy (non-hydrogen) atoms. The molecule has 0 aromatic heterocycles. The molecule has 1 amide bonds. The molecule has 0 radical (unpaired) electrons. The van der Waals surface area contributed by atoms with Crippen molar-refractivity contribution in [1.29, 1.82) is 0 Å². The van der Waals surface area contributed by atoms with Gasteiger partial charge >= 0.3 is 5.97 Å². The summed E-state index contributed by atoms with van der Waals surface area (Å²) >= 11 is 0. The van der Waals surface area contributed by atoms with Gasteiger partial charge in [-0.3, -0.25) is 9.59 Å². The maximum Gasteiger partial charge on any atom is 0.303 e. The van der Waals surface area contributed by atoms with Gasteiger partial charge in [0.05, 0.1) is 25.2 Å². The second-order valence-electron chi connectivity index (χ2n) is 10.2. The summed E-state index contributed by atoms with van der Waals surface area (Å²) < 4.78 is 23.2. The van der Waals surface area contributed by atoms with Crippen LogP contribution in [0.2, 0.25) is 0 Å². The van der Waals surface area contributed by atoms with Gasteiger partial charge in [-0.15, -0.1) is 0 Å². The molecule has 1 heterocycles. The summed E-state index contributed by atoms with van der Waals surface area (Å²) in [7, 11) is 1.34. The number of carboxylic acids is 1. The van der Waals surface area contributed by atoms with Crippen molar-refractivity contribution in [3.63, 3.8) is 0 Å². The minimum atomic E-state index is -1.68. The summed E-state index contributed by atoms with van der Waals surface area (Å²) in [5, 5.41) is 41.9. The fourth-order valence-electron chi connectivity index (χ4n) is 4.91. The number of rotatable bonds is 13. The van der Waals surface area contributed by atoms with E-state index < -0.39 is 79.0 Å². The number of carboxylic acid groups (broad SMARTS) is 1. The number of hydrogen-bond donors (Lipinski definition) is 8. The van der Waals surface area contributed by atoms with Crippen LogP contribution in [0.3, 0.4) is 0 Å². The monoisotopic (exact) mass is 551 g/mol. The zero-order chi connectivity index (χ0) is 28.8. The minimum Gasteiger partial charge on any atom is -0.481 e. The molecule has 1 saturated carbocycles. The maximum absolute atomic E-state index is 12.5. The molecule has 0 spiro atoms. The third kappa shape index (κ3) is 8.02. The molecular weight excluding hydrogens is 506 g/mol. The number of hydrogen-bond acceptors (Lipinski definition) is 13. The molecule has 1 aliphatic heterocycles. The van der Waals surface area contributed by atoms with Gasteiger partial charge in [0.2, 0.25) is 5.91 Å². The largest absolute Gasteiger partial charge is 0.481 e. The van der Waals surface area contributed by atoms with Crippen LogP contribution in [0.1, 0.15) is 39.5 Å². The second-order valence-corrected chi connectivity index (χ2v) is 10.2. The number of nitrogens with zero attached hydrogens (tertiary/aromatic N) is 1. The standard InChI is InChI=1S/C23H45N5O10/c1-4-11(8-24)36-16(9-25)37-19-12(26)7-13(27)20(17(19)32)38-22-18(33)21(23(2,34)10-35-22)28(3)14(29)5-6-15(30)31/h11-13,16-22,32-34H,4-10,24-27H2,1-3H3,(H,30,31). The van der Waals surface area contributed by atoms with E-state index in [1.54, 1.807) is 0 Å². The highest BCUT2D eigenvalue weighted by molar-refractivity contribution is 5.81. The number of carbonyl (C=O) groups is 2. The Balaban J connectivity index is 2.16. The zero-order valence-corrected chi connectivity index (χ0v) is 22.2. The lowest BCUT2D eigenvalue weighted by molar-refractivity contribution is -0.310. The first-order valence-corrected chi connectivity index (χ1v) is 12.8. The number of amides is 1. The van der Waals surface area contributed by atoms with Crippen LogP contribution in [-0.2, 0) is 28.5 Å². The molecule has 15 nitrogen and oxygen atoms in total. The minimum absolute atomic E-state index is 0.0204. The summed E-state index contributed by atoms with van der Waals surface area (Å²) in [6, 6.07) is -2.65. The van der Waals surface area contributed by atoms with E-state index in [1.165, 1.54) is 14.0 Å². The topological polar surface area (TPSA) is 259 Å². The first-order chi connectivity index (χ1) is 17.8. The van der Waals surface area contributed by atoms with E-state index in [9.17, 15) is 24.9 Å². The number of ether oxygens (including phenoxy) is 4. The summed E-state index contributed by atoms with van der Waals surface area (Å²) in [6.45, 7) is 3.18. The highest BCUT2D eigenvalue weighted by Gasteiger charge is 2.52. The molecule has 0 aromatic rings. The van der Waals surface area contributed by atoms with Crippen molar-refractivity contribution in [2.75, 3.05) is 26.7 Å². The van der Waals surface area contributed by atoms with Crippen LogP contribution in [0, 0.1) is 0 Å². The predicted octanol–water partition coefficient (Wildman–Crippen LogP) is -3.63. The van der Waals surface area contributed by atoms with E-state index in [4.69, 9.17) is 47.0 Å². The van der Waals surface area contributed by atoms with Crippen molar-refractivity contribution >= 4 is 11.9 Å². The Morgan fingerprint density at radius 1 is 1.11 bits per heavy atom. The zero-order valence-electron chi connectivity index (χ0n) is 22.2.